The average Bonchev–Trinajstić information content (AvgIpc) is 3.49. The van der Waals surface area contributed by atoms with E-state index in [1.54, 1.807) is 7.05 Å². The van der Waals surface area contributed by atoms with E-state index in [-0.39, 0.29) is 11.3 Å². The fraction of sp³-hybridized carbons (Fsp3) is 0.619. The maximum Gasteiger partial charge on any atom is 0.220 e. The molecule has 0 saturated heterocycles. The molecule has 0 radical (unpaired) electrons. The molecule has 2 rings (SSSR count). The predicted molar refractivity (Wildman–Crippen MR) is 108 cm³/mol. The highest BCUT2D eigenvalue weighted by atomic mass is 16.1. The minimum atomic E-state index is 0.100. The van der Waals surface area contributed by atoms with Gasteiger partial charge >= 0.3 is 0 Å². The van der Waals surface area contributed by atoms with Gasteiger partial charge in [0.15, 0.2) is 5.96 Å². The Morgan fingerprint density at radius 3 is 2.42 bits per heavy atom. The van der Waals surface area contributed by atoms with Gasteiger partial charge in [-0.25, -0.2) is 0 Å². The summed E-state index contributed by atoms with van der Waals surface area (Å²) < 4.78 is 0. The van der Waals surface area contributed by atoms with E-state index in [4.69, 9.17) is 0 Å². The highest BCUT2D eigenvalue weighted by Crippen LogP contribution is 2.30. The van der Waals surface area contributed by atoms with E-state index in [2.05, 4.69) is 65.1 Å². The van der Waals surface area contributed by atoms with E-state index < -0.39 is 0 Å². The van der Waals surface area contributed by atoms with E-state index in [1.165, 1.54) is 5.56 Å². The number of benzene rings is 1. The lowest BCUT2D eigenvalue weighted by Gasteiger charge is -2.33. The number of rotatable bonds is 10. The van der Waals surface area contributed by atoms with Crippen LogP contribution in [-0.2, 0) is 10.2 Å². The van der Waals surface area contributed by atoms with Crippen LogP contribution >= 0.6 is 0 Å². The van der Waals surface area contributed by atoms with Crippen LogP contribution in [0.2, 0.25) is 0 Å². The van der Waals surface area contributed by atoms with Gasteiger partial charge in [-0.3, -0.25) is 9.79 Å². The molecule has 0 aliphatic heterocycles. The average molecular weight is 359 g/mol. The topological polar surface area (TPSA) is 65.5 Å². The number of carbonyl (C=O) groups excluding carboxylic acids is 1. The van der Waals surface area contributed by atoms with E-state index in [9.17, 15) is 4.79 Å². The van der Waals surface area contributed by atoms with E-state index in [1.807, 2.05) is 0 Å². The molecule has 1 aliphatic carbocycles. The molecule has 0 aromatic heterocycles. The van der Waals surface area contributed by atoms with Crippen molar-refractivity contribution in [3.8, 4) is 0 Å². The van der Waals surface area contributed by atoms with Gasteiger partial charge in [0.1, 0.15) is 0 Å². The van der Waals surface area contributed by atoms with E-state index >= 15 is 0 Å². The molecule has 5 heteroatoms. The number of amides is 1. The molecule has 0 unspecified atom stereocenters. The molecule has 1 aromatic carbocycles. The maximum absolute atomic E-state index is 11.7. The largest absolute Gasteiger partial charge is 0.356 e. The normalized spacial score (nSPS) is 14.8. The molecule has 0 spiro atoms. The zero-order chi connectivity index (χ0) is 18.8. The second-order valence-electron chi connectivity index (χ2n) is 7.15. The number of aliphatic imine (C=N–C) groups is 1. The summed E-state index contributed by atoms with van der Waals surface area (Å²) in [6, 6.07) is 11.1. The molecular weight excluding hydrogens is 324 g/mol. The summed E-state index contributed by atoms with van der Waals surface area (Å²) in [4.78, 5) is 16.0. The van der Waals surface area contributed by atoms with Crippen LogP contribution in [0.4, 0.5) is 0 Å². The first-order valence-corrected chi connectivity index (χ1v) is 9.93. The molecule has 144 valence electrons. The minimum absolute atomic E-state index is 0.100. The van der Waals surface area contributed by atoms with Crippen molar-refractivity contribution < 1.29 is 4.79 Å². The van der Waals surface area contributed by atoms with Crippen molar-refractivity contribution in [1.82, 2.24) is 16.0 Å². The van der Waals surface area contributed by atoms with E-state index in [0.717, 1.165) is 51.2 Å². The quantitative estimate of drug-likeness (QED) is 0.342. The van der Waals surface area contributed by atoms with Gasteiger partial charge in [-0.2, -0.15) is 0 Å². The monoisotopic (exact) mass is 358 g/mol. The van der Waals surface area contributed by atoms with Crippen molar-refractivity contribution >= 4 is 11.9 Å². The zero-order valence-electron chi connectivity index (χ0n) is 16.5. The zero-order valence-corrected chi connectivity index (χ0v) is 16.5. The SMILES string of the molecule is CCC(CC)(CNC(=NC)NCCCC(=O)NC1CC1)c1ccccc1. The first kappa shape index (κ1) is 20.3. The molecule has 0 heterocycles. The van der Waals surface area contributed by atoms with Crippen LogP contribution in [0.25, 0.3) is 0 Å². The molecule has 0 atom stereocenters. The van der Waals surface area contributed by atoms with Crippen LogP contribution in [0.15, 0.2) is 35.3 Å². The molecule has 1 fully saturated rings. The Morgan fingerprint density at radius 1 is 1.15 bits per heavy atom. The Balaban J connectivity index is 1.77. The van der Waals surface area contributed by atoms with Crippen molar-refractivity contribution in [2.45, 2.75) is 63.8 Å². The second kappa shape index (κ2) is 10.2. The first-order chi connectivity index (χ1) is 12.6. The third-order valence-electron chi connectivity index (χ3n) is 5.37. The van der Waals surface area contributed by atoms with Crippen LogP contribution in [-0.4, -0.2) is 38.0 Å². The third-order valence-corrected chi connectivity index (χ3v) is 5.37. The molecule has 5 nitrogen and oxygen atoms in total. The van der Waals surface area contributed by atoms with Crippen molar-refractivity contribution in [3.63, 3.8) is 0 Å². The van der Waals surface area contributed by atoms with Gasteiger partial charge in [-0.15, -0.1) is 0 Å². The van der Waals surface area contributed by atoms with Crippen LogP contribution in [0.3, 0.4) is 0 Å². The molecule has 1 saturated carbocycles. The number of nitrogens with one attached hydrogen (secondary N) is 3. The summed E-state index contributed by atoms with van der Waals surface area (Å²) in [7, 11) is 1.79. The number of carbonyl (C=O) groups is 1. The Hall–Kier alpha value is -2.04. The second-order valence-corrected chi connectivity index (χ2v) is 7.15. The highest BCUT2D eigenvalue weighted by molar-refractivity contribution is 5.80. The molecule has 1 aliphatic rings. The van der Waals surface area contributed by atoms with Crippen molar-refractivity contribution in [2.24, 2.45) is 4.99 Å². The number of hydrogen-bond donors (Lipinski definition) is 3. The van der Waals surface area contributed by atoms with Crippen molar-refractivity contribution in [1.29, 1.82) is 0 Å². The maximum atomic E-state index is 11.7. The molecule has 26 heavy (non-hydrogen) atoms. The first-order valence-electron chi connectivity index (χ1n) is 9.93. The lowest BCUT2D eigenvalue weighted by atomic mass is 9.76. The lowest BCUT2D eigenvalue weighted by molar-refractivity contribution is -0.121. The van der Waals surface area contributed by atoms with Crippen molar-refractivity contribution in [2.75, 3.05) is 20.1 Å². The van der Waals surface area contributed by atoms with Crippen molar-refractivity contribution in [3.05, 3.63) is 35.9 Å². The number of hydrogen-bond acceptors (Lipinski definition) is 2. The van der Waals surface area contributed by atoms with Crippen LogP contribution in [0.5, 0.6) is 0 Å². The molecule has 1 aromatic rings. The van der Waals surface area contributed by atoms with Gasteiger partial charge in [-0.1, -0.05) is 44.2 Å². The molecule has 3 N–H and O–H groups in total. The van der Waals surface area contributed by atoms with Gasteiger partial charge in [0.25, 0.3) is 0 Å². The van der Waals surface area contributed by atoms with Gasteiger partial charge < -0.3 is 16.0 Å². The summed E-state index contributed by atoms with van der Waals surface area (Å²) in [5, 5.41) is 9.83. The lowest BCUT2D eigenvalue weighted by Crippen LogP contribution is -2.45. The standard InChI is InChI=1S/C21H34N4O/c1-4-21(5-2,17-10-7-6-8-11-17)16-24-20(22-3)23-15-9-12-19(26)25-18-13-14-18/h6-8,10-11,18H,4-5,9,12-16H2,1-3H3,(H,25,26)(H2,22,23,24). The van der Waals surface area contributed by atoms with Gasteiger partial charge in [-0.05, 0) is 37.7 Å². The summed E-state index contributed by atoms with van der Waals surface area (Å²) in [5.41, 5.74) is 1.47. The molecule has 1 amide bonds. The fourth-order valence-electron chi connectivity index (χ4n) is 3.26. The summed E-state index contributed by atoms with van der Waals surface area (Å²) in [6.07, 6.45) is 5.79. The third kappa shape index (κ3) is 6.04. The van der Waals surface area contributed by atoms with Crippen LogP contribution < -0.4 is 16.0 Å². The highest BCUT2D eigenvalue weighted by Gasteiger charge is 2.28. The minimum Gasteiger partial charge on any atom is -0.356 e. The van der Waals surface area contributed by atoms with Crippen LogP contribution in [0, 0.1) is 0 Å². The Bertz CT molecular complexity index is 577. The van der Waals surface area contributed by atoms with E-state index in [0.29, 0.717) is 12.5 Å². The summed E-state index contributed by atoms with van der Waals surface area (Å²) in [6.45, 7) is 6.07. The fourth-order valence-corrected chi connectivity index (χ4v) is 3.26. The summed E-state index contributed by atoms with van der Waals surface area (Å²) >= 11 is 0. The van der Waals surface area contributed by atoms with Gasteiger partial charge in [0, 0.05) is 38.0 Å². The van der Waals surface area contributed by atoms with Gasteiger partial charge in [0.2, 0.25) is 5.91 Å². The smallest absolute Gasteiger partial charge is 0.220 e. The predicted octanol–water partition coefficient (Wildman–Crippen LogP) is 2.97. The Morgan fingerprint density at radius 2 is 1.85 bits per heavy atom. The van der Waals surface area contributed by atoms with Crippen LogP contribution in [0.1, 0.15) is 57.9 Å². The Kier molecular flexibility index (Phi) is 7.95. The van der Waals surface area contributed by atoms with Gasteiger partial charge in [0.05, 0.1) is 0 Å². The Labute approximate surface area is 158 Å². The molecule has 0 bridgehead atoms. The number of guanidine groups is 1. The number of nitrogens with zero attached hydrogens (tertiary/aromatic N) is 1. The molecular formula is C21H34N4O. The summed E-state index contributed by atoms with van der Waals surface area (Å²) in [5.74, 6) is 0.965.